The molecular formula is C5H10O3. The number of carboxylic acids is 1. The monoisotopic (exact) mass is 123 g/mol. The SMILES string of the molecule is [13CH3][13CH]([13CH3])[13CH](O)[13C](=O)O. The molecule has 3 nitrogen and oxygen atoms in total. The van der Waals surface area contributed by atoms with Gasteiger partial charge in [-0.15, -0.1) is 0 Å². The molecule has 0 spiro atoms. The second-order valence-corrected chi connectivity index (χ2v) is 2.03. The van der Waals surface area contributed by atoms with Gasteiger partial charge in [-0.3, -0.25) is 0 Å². The standard InChI is InChI=1S/C5H10O3/c1-3(2)4(6)5(7)8/h3-4,6H,1-2H3,(H,7,8)/i1+1,2+1,3+1,4+1,5+1. The van der Waals surface area contributed by atoms with E-state index in [1.807, 2.05) is 0 Å². The highest BCUT2D eigenvalue weighted by Gasteiger charge is 2.16. The zero-order valence-electron chi connectivity index (χ0n) is 4.96. The van der Waals surface area contributed by atoms with Gasteiger partial charge >= 0.3 is 5.97 Å². The van der Waals surface area contributed by atoms with Crippen LogP contribution in [0.15, 0.2) is 0 Å². The molecule has 0 aromatic carbocycles. The van der Waals surface area contributed by atoms with Crippen molar-refractivity contribution in [1.82, 2.24) is 0 Å². The molecule has 0 saturated carbocycles. The Morgan fingerprint density at radius 2 is 1.88 bits per heavy atom. The Morgan fingerprint density at radius 1 is 1.50 bits per heavy atom. The molecule has 8 heavy (non-hydrogen) atoms. The van der Waals surface area contributed by atoms with Gasteiger partial charge in [0.05, 0.1) is 0 Å². The molecule has 0 amide bonds. The molecule has 1 unspecified atom stereocenters. The van der Waals surface area contributed by atoms with Crippen LogP contribution in [0.5, 0.6) is 0 Å². The minimum Gasteiger partial charge on any atom is -0.479 e. The van der Waals surface area contributed by atoms with Gasteiger partial charge in [-0.2, -0.15) is 0 Å². The van der Waals surface area contributed by atoms with Crippen LogP contribution in [0.3, 0.4) is 0 Å². The first-order valence-corrected chi connectivity index (χ1v) is 2.46. The van der Waals surface area contributed by atoms with Crippen LogP contribution in [0.4, 0.5) is 0 Å². The first kappa shape index (κ1) is 7.43. The van der Waals surface area contributed by atoms with Crippen molar-refractivity contribution in [3.05, 3.63) is 0 Å². The third kappa shape index (κ3) is 1.93. The van der Waals surface area contributed by atoms with Gasteiger partial charge in [0.15, 0.2) is 6.10 Å². The van der Waals surface area contributed by atoms with Gasteiger partial charge in [-0.05, 0) is 5.92 Å². The maximum atomic E-state index is 9.89. The molecule has 48 valence electrons. The Balaban J connectivity index is 3.64. The van der Waals surface area contributed by atoms with Crippen LogP contribution in [-0.4, -0.2) is 22.3 Å². The molecule has 0 aliphatic rings. The normalized spacial score (nSPS) is 14.0. The minimum absolute atomic E-state index is 0.201. The Bertz CT molecular complexity index is 87.7. The quantitative estimate of drug-likeness (QED) is 0.511. The number of rotatable bonds is 2. The van der Waals surface area contributed by atoms with Crippen LogP contribution in [-0.2, 0) is 4.79 Å². The first-order valence-electron chi connectivity index (χ1n) is 2.46. The zero-order valence-corrected chi connectivity index (χ0v) is 4.96. The Morgan fingerprint density at radius 3 is 1.88 bits per heavy atom. The first-order chi connectivity index (χ1) is 3.55. The highest BCUT2D eigenvalue weighted by Crippen LogP contribution is 1.99. The topological polar surface area (TPSA) is 57.5 Å². The average Bonchev–Trinajstić information content (AvgIpc) is 1.64. The van der Waals surface area contributed by atoms with Crippen molar-refractivity contribution in [2.24, 2.45) is 5.92 Å². The molecule has 0 aliphatic carbocycles. The van der Waals surface area contributed by atoms with Crippen LogP contribution in [0.2, 0.25) is 0 Å². The summed E-state index contributed by atoms with van der Waals surface area (Å²) in [5.41, 5.74) is 0. The summed E-state index contributed by atoms with van der Waals surface area (Å²) < 4.78 is 0. The van der Waals surface area contributed by atoms with Gasteiger partial charge in [-0.25, -0.2) is 4.79 Å². The van der Waals surface area contributed by atoms with Crippen molar-refractivity contribution < 1.29 is 15.0 Å². The summed E-state index contributed by atoms with van der Waals surface area (Å²) in [6.45, 7) is 3.30. The molecular weight excluding hydrogens is 113 g/mol. The molecule has 0 aliphatic heterocycles. The van der Waals surface area contributed by atoms with E-state index < -0.39 is 12.1 Å². The minimum atomic E-state index is -1.21. The maximum Gasteiger partial charge on any atom is 0.332 e. The van der Waals surface area contributed by atoms with E-state index in [2.05, 4.69) is 0 Å². The fourth-order valence-corrected chi connectivity index (χ4v) is 0.285. The lowest BCUT2D eigenvalue weighted by Crippen LogP contribution is -2.25. The molecule has 0 fully saturated rings. The molecule has 0 saturated heterocycles. The van der Waals surface area contributed by atoms with E-state index in [0.717, 1.165) is 0 Å². The Kier molecular flexibility index (Phi) is 2.48. The smallest absolute Gasteiger partial charge is 0.332 e. The van der Waals surface area contributed by atoms with E-state index in [1.54, 1.807) is 13.8 Å². The van der Waals surface area contributed by atoms with E-state index in [0.29, 0.717) is 0 Å². The third-order valence-electron chi connectivity index (χ3n) is 0.884. The molecule has 3 heteroatoms. The van der Waals surface area contributed by atoms with Crippen LogP contribution >= 0.6 is 0 Å². The van der Waals surface area contributed by atoms with Crippen LogP contribution in [0.25, 0.3) is 0 Å². The van der Waals surface area contributed by atoms with Crippen molar-refractivity contribution in [2.75, 3.05) is 0 Å². The van der Waals surface area contributed by atoms with E-state index in [4.69, 9.17) is 10.2 Å². The zero-order chi connectivity index (χ0) is 6.73. The summed E-state index contributed by atoms with van der Waals surface area (Å²) in [5, 5.41) is 16.7. The number of hydrogen-bond acceptors (Lipinski definition) is 2. The summed E-state index contributed by atoms with van der Waals surface area (Å²) in [6.07, 6.45) is -1.21. The second-order valence-electron chi connectivity index (χ2n) is 2.03. The van der Waals surface area contributed by atoms with Crippen molar-refractivity contribution in [2.45, 2.75) is 20.0 Å². The van der Waals surface area contributed by atoms with E-state index in [1.165, 1.54) is 0 Å². The number of carbonyl (C=O) groups is 1. The van der Waals surface area contributed by atoms with E-state index >= 15 is 0 Å². The van der Waals surface area contributed by atoms with Gasteiger partial charge in [0, 0.05) is 0 Å². The van der Waals surface area contributed by atoms with Gasteiger partial charge in [-0.1, -0.05) is 13.8 Å². The number of hydrogen-bond donors (Lipinski definition) is 2. The van der Waals surface area contributed by atoms with Crippen LogP contribution < -0.4 is 0 Å². The second kappa shape index (κ2) is 2.67. The molecule has 0 aromatic heterocycles. The number of aliphatic hydroxyl groups is 1. The summed E-state index contributed by atoms with van der Waals surface area (Å²) in [7, 11) is 0. The van der Waals surface area contributed by atoms with E-state index in [9.17, 15) is 4.79 Å². The largest absolute Gasteiger partial charge is 0.479 e. The van der Waals surface area contributed by atoms with Gasteiger partial charge in [0.1, 0.15) is 0 Å². The highest BCUT2D eigenvalue weighted by atomic mass is 16.5. The molecule has 0 radical (unpaired) electrons. The predicted molar refractivity (Wildman–Crippen MR) is 28.5 cm³/mol. The Hall–Kier alpha value is -0.570. The molecule has 0 heterocycles. The summed E-state index contributed by atoms with van der Waals surface area (Å²) >= 11 is 0. The molecule has 0 aromatic rings. The number of carboxylic acid groups (broad SMARTS) is 1. The molecule has 2 N–H and O–H groups in total. The molecule has 1 atom stereocenters. The molecule has 0 rings (SSSR count). The average molecular weight is 123 g/mol. The van der Waals surface area contributed by atoms with Crippen molar-refractivity contribution in [3.63, 3.8) is 0 Å². The molecule has 0 bridgehead atoms. The third-order valence-corrected chi connectivity index (χ3v) is 0.884. The lowest BCUT2D eigenvalue weighted by Gasteiger charge is -2.06. The maximum absolute atomic E-state index is 9.89. The predicted octanol–water partition coefficient (Wildman–Crippen LogP) is 0.0879. The Labute approximate surface area is 47.9 Å². The van der Waals surface area contributed by atoms with Crippen LogP contribution in [0, 0.1) is 5.92 Å². The fourth-order valence-electron chi connectivity index (χ4n) is 0.285. The van der Waals surface area contributed by atoms with Gasteiger partial charge in [0.2, 0.25) is 0 Å². The lowest BCUT2D eigenvalue weighted by atomic mass is 11.1. The lowest BCUT2D eigenvalue weighted by molar-refractivity contribution is -0.148. The highest BCUT2D eigenvalue weighted by molar-refractivity contribution is 5.72. The van der Waals surface area contributed by atoms with Crippen molar-refractivity contribution >= 4 is 5.97 Å². The number of aliphatic carboxylic acids is 1. The van der Waals surface area contributed by atoms with Crippen molar-refractivity contribution in [3.8, 4) is 0 Å². The van der Waals surface area contributed by atoms with Gasteiger partial charge < -0.3 is 10.2 Å². The summed E-state index contributed by atoms with van der Waals surface area (Å²) in [4.78, 5) is 9.89. The van der Waals surface area contributed by atoms with Gasteiger partial charge in [0.25, 0.3) is 0 Å². The van der Waals surface area contributed by atoms with E-state index in [-0.39, 0.29) is 5.92 Å². The summed E-state index contributed by atoms with van der Waals surface area (Å²) in [6, 6.07) is 0. The number of aliphatic hydroxyl groups excluding tert-OH is 1. The van der Waals surface area contributed by atoms with Crippen molar-refractivity contribution in [1.29, 1.82) is 0 Å². The summed E-state index contributed by atoms with van der Waals surface area (Å²) in [5.74, 6) is -1.35. The fraction of sp³-hybridized carbons (Fsp3) is 0.800. The van der Waals surface area contributed by atoms with Crippen LogP contribution in [0.1, 0.15) is 13.8 Å².